The quantitative estimate of drug-likeness (QED) is 0.768. The second-order valence-electron chi connectivity index (χ2n) is 6.75. The van der Waals surface area contributed by atoms with Crippen molar-refractivity contribution in [3.05, 3.63) is 0 Å². The Hall–Kier alpha value is -0.120. The fourth-order valence-corrected chi connectivity index (χ4v) is 3.65. The molecule has 2 fully saturated rings. The Bertz CT molecular complexity index is 263. The molecular weight excluding hydrogens is 234 g/mol. The fraction of sp³-hybridized carbons (Fsp3) is 1.00. The Balaban J connectivity index is 1.94. The molecule has 0 aromatic carbocycles. The van der Waals surface area contributed by atoms with Crippen LogP contribution in [0, 0.1) is 5.92 Å². The number of rotatable bonds is 7. The highest BCUT2D eigenvalue weighted by Gasteiger charge is 2.39. The van der Waals surface area contributed by atoms with Gasteiger partial charge in [-0.25, -0.2) is 0 Å². The Morgan fingerprint density at radius 3 is 2.21 bits per heavy atom. The Morgan fingerprint density at radius 2 is 1.79 bits per heavy atom. The predicted molar refractivity (Wildman–Crippen MR) is 82.3 cm³/mol. The van der Waals surface area contributed by atoms with Crippen LogP contribution in [0.4, 0.5) is 0 Å². The van der Waals surface area contributed by atoms with Gasteiger partial charge in [0, 0.05) is 44.3 Å². The van der Waals surface area contributed by atoms with Gasteiger partial charge in [-0.3, -0.25) is 9.80 Å². The van der Waals surface area contributed by atoms with Gasteiger partial charge in [0.2, 0.25) is 0 Å². The average molecular weight is 267 g/mol. The van der Waals surface area contributed by atoms with Crippen molar-refractivity contribution in [2.75, 3.05) is 32.7 Å². The summed E-state index contributed by atoms with van der Waals surface area (Å²) in [5.41, 5.74) is 6.46. The van der Waals surface area contributed by atoms with Crippen molar-refractivity contribution >= 4 is 0 Å². The first-order valence-corrected chi connectivity index (χ1v) is 8.34. The zero-order chi connectivity index (χ0) is 13.9. The van der Waals surface area contributed by atoms with E-state index in [1.807, 2.05) is 0 Å². The summed E-state index contributed by atoms with van der Waals surface area (Å²) in [6, 6.07) is 0.922. The molecule has 3 heteroatoms. The smallest absolute Gasteiger partial charge is 0.0332 e. The largest absolute Gasteiger partial charge is 0.329 e. The Kier molecular flexibility index (Phi) is 5.27. The van der Waals surface area contributed by atoms with E-state index in [4.69, 9.17) is 5.73 Å². The van der Waals surface area contributed by atoms with Gasteiger partial charge in [-0.1, -0.05) is 27.2 Å². The highest BCUT2D eigenvalue weighted by Crippen LogP contribution is 2.32. The highest BCUT2D eigenvalue weighted by molar-refractivity contribution is 4.96. The lowest BCUT2D eigenvalue weighted by atomic mass is 9.82. The van der Waals surface area contributed by atoms with Crippen molar-refractivity contribution in [3.8, 4) is 0 Å². The van der Waals surface area contributed by atoms with Gasteiger partial charge < -0.3 is 5.73 Å². The van der Waals surface area contributed by atoms with Crippen LogP contribution in [-0.4, -0.2) is 54.1 Å². The third-order valence-electron chi connectivity index (χ3n) is 5.51. The molecule has 3 nitrogen and oxygen atoms in total. The maximum Gasteiger partial charge on any atom is 0.0332 e. The fourth-order valence-electron chi connectivity index (χ4n) is 3.65. The van der Waals surface area contributed by atoms with E-state index in [9.17, 15) is 0 Å². The van der Waals surface area contributed by atoms with Crippen molar-refractivity contribution in [3.63, 3.8) is 0 Å². The van der Waals surface area contributed by atoms with Gasteiger partial charge in [-0.05, 0) is 31.6 Å². The second-order valence-corrected chi connectivity index (χ2v) is 6.75. The molecule has 0 aromatic rings. The predicted octanol–water partition coefficient (Wildman–Crippen LogP) is 2.31. The summed E-state index contributed by atoms with van der Waals surface area (Å²) in [6.07, 6.45) is 6.59. The highest BCUT2D eigenvalue weighted by atomic mass is 15.3. The molecule has 1 saturated carbocycles. The molecule has 0 spiro atoms. The first-order chi connectivity index (χ1) is 9.15. The lowest BCUT2D eigenvalue weighted by Crippen LogP contribution is -2.60. The van der Waals surface area contributed by atoms with E-state index in [-0.39, 0.29) is 5.54 Å². The Morgan fingerprint density at radius 1 is 1.16 bits per heavy atom. The summed E-state index contributed by atoms with van der Waals surface area (Å²) in [4.78, 5) is 5.40. The number of piperazine rings is 1. The van der Waals surface area contributed by atoms with Gasteiger partial charge in [0.1, 0.15) is 0 Å². The van der Waals surface area contributed by atoms with Crippen molar-refractivity contribution in [1.29, 1.82) is 0 Å². The van der Waals surface area contributed by atoms with Crippen LogP contribution >= 0.6 is 0 Å². The molecular formula is C16H33N3. The molecule has 1 saturated heterocycles. The van der Waals surface area contributed by atoms with Crippen LogP contribution in [-0.2, 0) is 0 Å². The number of nitrogens with two attached hydrogens (primary N) is 1. The summed E-state index contributed by atoms with van der Waals surface area (Å²) < 4.78 is 0. The minimum Gasteiger partial charge on any atom is -0.329 e. The first kappa shape index (κ1) is 15.3. The summed E-state index contributed by atoms with van der Waals surface area (Å²) >= 11 is 0. The molecule has 0 amide bonds. The van der Waals surface area contributed by atoms with Crippen LogP contribution in [0.5, 0.6) is 0 Å². The molecule has 2 atom stereocenters. The first-order valence-electron chi connectivity index (χ1n) is 8.34. The van der Waals surface area contributed by atoms with Gasteiger partial charge in [0.05, 0.1) is 0 Å². The van der Waals surface area contributed by atoms with Crippen molar-refractivity contribution < 1.29 is 0 Å². The molecule has 0 aromatic heterocycles. The monoisotopic (exact) mass is 267 g/mol. The normalized spacial score (nSPS) is 27.2. The van der Waals surface area contributed by atoms with Gasteiger partial charge in [-0.15, -0.1) is 0 Å². The number of hydrogen-bond donors (Lipinski definition) is 1. The molecule has 112 valence electrons. The van der Waals surface area contributed by atoms with E-state index >= 15 is 0 Å². The molecule has 19 heavy (non-hydrogen) atoms. The van der Waals surface area contributed by atoms with E-state index in [0.717, 1.165) is 18.5 Å². The average Bonchev–Trinajstić information content (AvgIpc) is 3.29. The summed E-state index contributed by atoms with van der Waals surface area (Å²) in [5, 5.41) is 0. The molecule has 1 aliphatic carbocycles. The molecule has 0 radical (unpaired) electrons. The molecule has 2 rings (SSSR count). The molecule has 2 unspecified atom stereocenters. The van der Waals surface area contributed by atoms with Crippen molar-refractivity contribution in [2.45, 2.75) is 64.5 Å². The van der Waals surface area contributed by atoms with E-state index < -0.39 is 0 Å². The zero-order valence-electron chi connectivity index (χ0n) is 13.2. The van der Waals surface area contributed by atoms with Gasteiger partial charge in [0.15, 0.2) is 0 Å². The van der Waals surface area contributed by atoms with E-state index in [1.165, 1.54) is 58.3 Å². The van der Waals surface area contributed by atoms with Gasteiger partial charge in [0.25, 0.3) is 0 Å². The molecule has 1 aliphatic heterocycles. The van der Waals surface area contributed by atoms with E-state index in [1.54, 1.807) is 0 Å². The van der Waals surface area contributed by atoms with Gasteiger partial charge >= 0.3 is 0 Å². The second kappa shape index (κ2) is 6.55. The Labute approximate surface area is 119 Å². The maximum absolute atomic E-state index is 6.20. The third-order valence-corrected chi connectivity index (χ3v) is 5.51. The SMILES string of the molecule is CCC(C)CC(CC)(CN)N1CCN(C2CC2)CC1. The molecule has 2 aliphatic rings. The van der Waals surface area contributed by atoms with E-state index in [2.05, 4.69) is 30.6 Å². The van der Waals surface area contributed by atoms with Crippen LogP contribution < -0.4 is 5.73 Å². The van der Waals surface area contributed by atoms with Crippen molar-refractivity contribution in [1.82, 2.24) is 9.80 Å². The summed E-state index contributed by atoms with van der Waals surface area (Å²) in [6.45, 7) is 12.8. The van der Waals surface area contributed by atoms with Crippen LogP contribution in [0.15, 0.2) is 0 Å². The van der Waals surface area contributed by atoms with E-state index in [0.29, 0.717) is 0 Å². The minimum absolute atomic E-state index is 0.255. The number of hydrogen-bond acceptors (Lipinski definition) is 3. The summed E-state index contributed by atoms with van der Waals surface area (Å²) in [7, 11) is 0. The van der Waals surface area contributed by atoms with Crippen molar-refractivity contribution in [2.24, 2.45) is 11.7 Å². The summed E-state index contributed by atoms with van der Waals surface area (Å²) in [5.74, 6) is 0.782. The zero-order valence-corrected chi connectivity index (χ0v) is 13.2. The lowest BCUT2D eigenvalue weighted by molar-refractivity contribution is 0.0166. The van der Waals surface area contributed by atoms with Crippen LogP contribution in [0.25, 0.3) is 0 Å². The third kappa shape index (κ3) is 3.50. The lowest BCUT2D eigenvalue weighted by Gasteiger charge is -2.48. The number of nitrogens with zero attached hydrogens (tertiary/aromatic N) is 2. The molecule has 2 N–H and O–H groups in total. The minimum atomic E-state index is 0.255. The maximum atomic E-state index is 6.20. The topological polar surface area (TPSA) is 32.5 Å². The standard InChI is InChI=1S/C16H33N3/c1-4-14(3)12-16(5-2,13-17)19-10-8-18(9-11-19)15-6-7-15/h14-15H,4-13,17H2,1-3H3. The van der Waals surface area contributed by atoms with Crippen LogP contribution in [0.3, 0.4) is 0 Å². The molecule has 1 heterocycles. The molecule has 0 bridgehead atoms. The van der Waals surface area contributed by atoms with Crippen LogP contribution in [0.1, 0.15) is 52.9 Å². The van der Waals surface area contributed by atoms with Gasteiger partial charge in [-0.2, -0.15) is 0 Å². The van der Waals surface area contributed by atoms with Crippen LogP contribution in [0.2, 0.25) is 0 Å².